The molecule has 0 heterocycles. The first kappa shape index (κ1) is 18.4. The van der Waals surface area contributed by atoms with Crippen LogP contribution in [0.2, 0.25) is 0 Å². The summed E-state index contributed by atoms with van der Waals surface area (Å²) in [5.41, 5.74) is 5.04. The second-order valence-electron chi connectivity index (χ2n) is 5.53. The van der Waals surface area contributed by atoms with E-state index in [1.165, 1.54) is 0 Å². The van der Waals surface area contributed by atoms with Crippen LogP contribution in [-0.4, -0.2) is 58.6 Å². The third kappa shape index (κ3) is 5.54. The van der Waals surface area contributed by atoms with E-state index in [-0.39, 0.29) is 11.8 Å². The fourth-order valence-corrected chi connectivity index (χ4v) is 3.08. The Hall–Kier alpha value is -0.690. The van der Waals surface area contributed by atoms with Gasteiger partial charge >= 0.3 is 0 Å². The third-order valence-electron chi connectivity index (χ3n) is 4.33. The lowest BCUT2D eigenvalue weighted by Crippen LogP contribution is -2.56. The molecule has 124 valence electrons. The summed E-state index contributed by atoms with van der Waals surface area (Å²) in [4.78, 5) is 11.7. The molecule has 6 nitrogen and oxygen atoms in total. The molecule has 0 aromatic rings. The van der Waals surface area contributed by atoms with Crippen LogP contribution in [0.15, 0.2) is 0 Å². The van der Waals surface area contributed by atoms with Crippen LogP contribution in [0.25, 0.3) is 0 Å². The van der Waals surface area contributed by atoms with E-state index < -0.39 is 5.54 Å². The van der Waals surface area contributed by atoms with Gasteiger partial charge in [-0.15, -0.1) is 0 Å². The molecule has 0 bridgehead atoms. The first-order valence-electron chi connectivity index (χ1n) is 7.80. The zero-order chi connectivity index (χ0) is 15.6. The topological polar surface area (TPSA) is 82.8 Å². The Morgan fingerprint density at radius 3 is 2.57 bits per heavy atom. The van der Waals surface area contributed by atoms with Crippen molar-refractivity contribution in [1.82, 2.24) is 5.32 Å². The molecule has 1 aliphatic carbocycles. The highest BCUT2D eigenvalue weighted by atomic mass is 16.5. The molecular formula is C15H30N2O4. The molecule has 1 saturated carbocycles. The molecule has 1 amide bonds. The largest absolute Gasteiger partial charge is 0.382 e. The molecule has 2 unspecified atom stereocenters. The van der Waals surface area contributed by atoms with Crippen molar-refractivity contribution < 1.29 is 19.0 Å². The molecular weight excluding hydrogens is 272 g/mol. The predicted molar refractivity (Wildman–Crippen MR) is 81.1 cm³/mol. The number of methoxy groups -OCH3 is 1. The maximum absolute atomic E-state index is 11.7. The lowest BCUT2D eigenvalue weighted by Gasteiger charge is -2.32. The van der Waals surface area contributed by atoms with Crippen molar-refractivity contribution >= 4 is 5.91 Å². The van der Waals surface area contributed by atoms with E-state index in [4.69, 9.17) is 19.9 Å². The van der Waals surface area contributed by atoms with E-state index in [0.717, 1.165) is 32.1 Å². The van der Waals surface area contributed by atoms with Gasteiger partial charge in [0.05, 0.1) is 13.2 Å². The van der Waals surface area contributed by atoms with Gasteiger partial charge < -0.3 is 25.3 Å². The average molecular weight is 302 g/mol. The minimum absolute atomic E-state index is 0.237. The molecule has 0 aromatic heterocycles. The van der Waals surface area contributed by atoms with E-state index in [9.17, 15) is 4.79 Å². The average Bonchev–Trinajstić information content (AvgIpc) is 2.89. The van der Waals surface area contributed by atoms with Crippen molar-refractivity contribution in [3.05, 3.63) is 0 Å². The minimum atomic E-state index is -0.535. The number of nitrogens with one attached hydrogen (secondary N) is 1. The molecule has 2 atom stereocenters. The Bertz CT molecular complexity index is 301. The highest BCUT2D eigenvalue weighted by Gasteiger charge is 2.46. The SMILES string of the molecule is CNC1(C(N)=O)CCCC1CCOCCCOCCOC. The summed E-state index contributed by atoms with van der Waals surface area (Å²) in [7, 11) is 3.48. The van der Waals surface area contributed by atoms with Crippen molar-refractivity contribution in [1.29, 1.82) is 0 Å². The molecule has 0 spiro atoms. The van der Waals surface area contributed by atoms with Gasteiger partial charge in [-0.05, 0) is 38.6 Å². The van der Waals surface area contributed by atoms with Gasteiger partial charge in [-0.25, -0.2) is 0 Å². The van der Waals surface area contributed by atoms with E-state index in [1.54, 1.807) is 7.11 Å². The zero-order valence-electron chi connectivity index (χ0n) is 13.4. The van der Waals surface area contributed by atoms with E-state index in [0.29, 0.717) is 33.0 Å². The van der Waals surface area contributed by atoms with Gasteiger partial charge in [-0.1, -0.05) is 6.42 Å². The second kappa shape index (κ2) is 10.1. The normalized spacial score (nSPS) is 25.3. The van der Waals surface area contributed by atoms with Crippen molar-refractivity contribution in [3.8, 4) is 0 Å². The van der Waals surface area contributed by atoms with Crippen LogP contribution >= 0.6 is 0 Å². The number of nitrogens with two attached hydrogens (primary N) is 1. The molecule has 1 aliphatic rings. The van der Waals surface area contributed by atoms with Gasteiger partial charge in [-0.2, -0.15) is 0 Å². The Labute approximate surface area is 127 Å². The number of amides is 1. The summed E-state index contributed by atoms with van der Waals surface area (Å²) in [5.74, 6) is 0.0389. The highest BCUT2D eigenvalue weighted by molar-refractivity contribution is 5.85. The number of hydrogen-bond donors (Lipinski definition) is 2. The molecule has 6 heteroatoms. The lowest BCUT2D eigenvalue weighted by atomic mass is 9.84. The molecule has 3 N–H and O–H groups in total. The smallest absolute Gasteiger partial charge is 0.238 e. The summed E-state index contributed by atoms with van der Waals surface area (Å²) in [6, 6.07) is 0. The summed E-state index contributed by atoms with van der Waals surface area (Å²) in [5, 5.41) is 3.15. The molecule has 0 saturated heterocycles. The van der Waals surface area contributed by atoms with Crippen LogP contribution in [0.1, 0.15) is 32.1 Å². The molecule has 0 radical (unpaired) electrons. The predicted octanol–water partition coefficient (Wildman–Crippen LogP) is 0.690. The van der Waals surface area contributed by atoms with Gasteiger partial charge in [-0.3, -0.25) is 4.79 Å². The van der Waals surface area contributed by atoms with Gasteiger partial charge in [0.15, 0.2) is 0 Å². The van der Waals surface area contributed by atoms with Crippen molar-refractivity contribution in [3.63, 3.8) is 0 Å². The zero-order valence-corrected chi connectivity index (χ0v) is 13.4. The molecule has 0 aromatic carbocycles. The first-order valence-corrected chi connectivity index (χ1v) is 7.80. The molecule has 0 aliphatic heterocycles. The summed E-state index contributed by atoms with van der Waals surface area (Å²) in [6.07, 6.45) is 4.65. The van der Waals surface area contributed by atoms with Crippen LogP contribution in [0.3, 0.4) is 0 Å². The number of rotatable bonds is 12. The number of carbonyl (C=O) groups is 1. The first-order chi connectivity index (χ1) is 10.2. The number of carbonyl (C=O) groups excluding carboxylic acids is 1. The third-order valence-corrected chi connectivity index (χ3v) is 4.33. The summed E-state index contributed by atoms with van der Waals surface area (Å²) in [6.45, 7) is 3.29. The van der Waals surface area contributed by atoms with Crippen LogP contribution in [-0.2, 0) is 19.0 Å². The molecule has 1 rings (SSSR count). The fraction of sp³-hybridized carbons (Fsp3) is 0.933. The number of primary amides is 1. The van der Waals surface area contributed by atoms with E-state index >= 15 is 0 Å². The van der Waals surface area contributed by atoms with Crippen LogP contribution in [0.5, 0.6) is 0 Å². The van der Waals surface area contributed by atoms with Gasteiger partial charge in [0, 0.05) is 26.9 Å². The van der Waals surface area contributed by atoms with Gasteiger partial charge in [0.1, 0.15) is 5.54 Å². The van der Waals surface area contributed by atoms with Crippen LogP contribution in [0.4, 0.5) is 0 Å². The Kier molecular flexibility index (Phi) is 8.84. The van der Waals surface area contributed by atoms with Gasteiger partial charge in [0.2, 0.25) is 5.91 Å². The maximum atomic E-state index is 11.7. The van der Waals surface area contributed by atoms with E-state index in [2.05, 4.69) is 5.32 Å². The lowest BCUT2D eigenvalue weighted by molar-refractivity contribution is -0.125. The Balaban J connectivity index is 2.11. The number of hydrogen-bond acceptors (Lipinski definition) is 5. The summed E-state index contributed by atoms with van der Waals surface area (Å²) < 4.78 is 15.9. The van der Waals surface area contributed by atoms with Gasteiger partial charge in [0.25, 0.3) is 0 Å². The number of ether oxygens (including phenoxy) is 3. The van der Waals surface area contributed by atoms with Crippen molar-refractivity contribution in [2.45, 2.75) is 37.6 Å². The second-order valence-corrected chi connectivity index (χ2v) is 5.53. The fourth-order valence-electron chi connectivity index (χ4n) is 3.08. The minimum Gasteiger partial charge on any atom is -0.382 e. The molecule has 1 fully saturated rings. The molecule has 21 heavy (non-hydrogen) atoms. The number of likely N-dealkylation sites (N-methyl/N-ethyl adjacent to an activating group) is 1. The highest BCUT2D eigenvalue weighted by Crippen LogP contribution is 2.37. The maximum Gasteiger partial charge on any atom is 0.238 e. The van der Waals surface area contributed by atoms with Crippen molar-refractivity contribution in [2.24, 2.45) is 11.7 Å². The monoisotopic (exact) mass is 302 g/mol. The van der Waals surface area contributed by atoms with Crippen LogP contribution in [0, 0.1) is 5.92 Å². The summed E-state index contributed by atoms with van der Waals surface area (Å²) >= 11 is 0. The quantitative estimate of drug-likeness (QED) is 0.518. The van der Waals surface area contributed by atoms with E-state index in [1.807, 2.05) is 7.05 Å². The Morgan fingerprint density at radius 2 is 1.95 bits per heavy atom. The van der Waals surface area contributed by atoms with Crippen molar-refractivity contribution in [2.75, 3.05) is 47.2 Å². The van der Waals surface area contributed by atoms with Crippen LogP contribution < -0.4 is 11.1 Å². The Morgan fingerprint density at radius 1 is 1.24 bits per heavy atom. The standard InChI is InChI=1S/C15H30N2O4/c1-17-15(14(16)18)7-3-5-13(15)6-10-20-8-4-9-21-12-11-19-2/h13,17H,3-12H2,1-2H3,(H2,16,18).